The van der Waals surface area contributed by atoms with E-state index in [2.05, 4.69) is 13.8 Å². The molecule has 0 saturated carbocycles. The fourth-order valence-corrected chi connectivity index (χ4v) is 0.948. The molecule has 0 spiro atoms. The van der Waals surface area contributed by atoms with Gasteiger partial charge < -0.3 is 0 Å². The van der Waals surface area contributed by atoms with Gasteiger partial charge in [-0.1, -0.05) is 20.3 Å². The van der Waals surface area contributed by atoms with E-state index < -0.39 is 0 Å². The first-order valence-electron chi connectivity index (χ1n) is 3.32. The standard InChI is InChI=1S/C5H4OS.C3H8/c6-3-5-1-2-7-4-5;1-3-2/h1-4H;3H2,1-2H3. The Morgan fingerprint density at radius 1 is 1.60 bits per heavy atom. The predicted molar refractivity (Wildman–Crippen MR) is 45.7 cm³/mol. The molecule has 0 aromatic carbocycles. The van der Waals surface area contributed by atoms with Crippen LogP contribution in [0.1, 0.15) is 30.6 Å². The van der Waals surface area contributed by atoms with Crippen molar-refractivity contribution < 1.29 is 4.79 Å². The maximum Gasteiger partial charge on any atom is 0.150 e. The summed E-state index contributed by atoms with van der Waals surface area (Å²) in [6, 6.07) is 1.79. The van der Waals surface area contributed by atoms with Crippen LogP contribution in [0, 0.1) is 0 Å². The Bertz CT molecular complexity index is 156. The number of thiophene rings is 1. The van der Waals surface area contributed by atoms with E-state index in [1.165, 1.54) is 17.8 Å². The Morgan fingerprint density at radius 3 is 2.40 bits per heavy atom. The van der Waals surface area contributed by atoms with Gasteiger partial charge in [0.2, 0.25) is 0 Å². The fourth-order valence-electron chi connectivity index (χ4n) is 0.342. The third-order valence-electron chi connectivity index (χ3n) is 0.679. The van der Waals surface area contributed by atoms with E-state index in [4.69, 9.17) is 0 Å². The van der Waals surface area contributed by atoms with E-state index >= 15 is 0 Å². The Kier molecular flexibility index (Phi) is 6.08. The molecule has 0 atom stereocenters. The third-order valence-corrected chi connectivity index (χ3v) is 1.38. The molecule has 0 aliphatic heterocycles. The van der Waals surface area contributed by atoms with Crippen molar-refractivity contribution in [3.05, 3.63) is 22.4 Å². The van der Waals surface area contributed by atoms with Crippen LogP contribution in [-0.2, 0) is 0 Å². The fraction of sp³-hybridized carbons (Fsp3) is 0.375. The molecule has 1 heterocycles. The van der Waals surface area contributed by atoms with Crippen LogP contribution in [0.25, 0.3) is 0 Å². The van der Waals surface area contributed by atoms with Gasteiger partial charge in [0.05, 0.1) is 0 Å². The summed E-state index contributed by atoms with van der Waals surface area (Å²) >= 11 is 1.53. The van der Waals surface area contributed by atoms with Gasteiger partial charge in [0.25, 0.3) is 0 Å². The molecular weight excluding hydrogens is 144 g/mol. The van der Waals surface area contributed by atoms with E-state index in [1.54, 1.807) is 6.07 Å². The summed E-state index contributed by atoms with van der Waals surface area (Å²) in [4.78, 5) is 9.87. The van der Waals surface area contributed by atoms with Crippen molar-refractivity contribution in [2.45, 2.75) is 20.3 Å². The lowest BCUT2D eigenvalue weighted by Crippen LogP contribution is -1.64. The van der Waals surface area contributed by atoms with Gasteiger partial charge in [-0.2, -0.15) is 11.3 Å². The van der Waals surface area contributed by atoms with Crippen molar-refractivity contribution in [2.24, 2.45) is 0 Å². The SMILES string of the molecule is CCC.O=Cc1ccsc1. The highest BCUT2D eigenvalue weighted by Gasteiger charge is 1.82. The minimum absolute atomic E-state index is 0.769. The number of rotatable bonds is 1. The Morgan fingerprint density at radius 2 is 2.20 bits per heavy atom. The summed E-state index contributed by atoms with van der Waals surface area (Å²) in [6.07, 6.45) is 2.09. The van der Waals surface area contributed by atoms with Crippen LogP contribution in [0.15, 0.2) is 16.8 Å². The lowest BCUT2D eigenvalue weighted by Gasteiger charge is -1.65. The molecule has 56 valence electrons. The molecule has 0 fully saturated rings. The molecule has 2 heteroatoms. The van der Waals surface area contributed by atoms with Crippen molar-refractivity contribution in [1.82, 2.24) is 0 Å². The summed E-state index contributed by atoms with van der Waals surface area (Å²) in [6.45, 7) is 4.25. The Balaban J connectivity index is 0.000000236. The highest BCUT2D eigenvalue weighted by atomic mass is 32.1. The monoisotopic (exact) mass is 156 g/mol. The minimum atomic E-state index is 0.769. The maximum absolute atomic E-state index is 9.87. The zero-order valence-corrected chi connectivity index (χ0v) is 7.15. The number of hydrogen-bond donors (Lipinski definition) is 0. The average Bonchev–Trinajstić information content (AvgIpc) is 2.39. The van der Waals surface area contributed by atoms with Crippen LogP contribution in [-0.4, -0.2) is 6.29 Å². The molecule has 1 aromatic heterocycles. The molecule has 0 N–H and O–H groups in total. The van der Waals surface area contributed by atoms with Crippen molar-refractivity contribution in [1.29, 1.82) is 0 Å². The Labute approximate surface area is 65.7 Å². The molecule has 0 unspecified atom stereocenters. The van der Waals surface area contributed by atoms with Crippen LogP contribution < -0.4 is 0 Å². The van der Waals surface area contributed by atoms with Gasteiger partial charge in [-0.05, 0) is 11.4 Å². The maximum atomic E-state index is 9.87. The van der Waals surface area contributed by atoms with Gasteiger partial charge in [0.15, 0.2) is 6.29 Å². The molecule has 1 aromatic rings. The average molecular weight is 156 g/mol. The summed E-state index contributed by atoms with van der Waals surface area (Å²) < 4.78 is 0. The molecule has 0 aliphatic rings. The lowest BCUT2D eigenvalue weighted by molar-refractivity contribution is 0.112. The third kappa shape index (κ3) is 4.27. The van der Waals surface area contributed by atoms with E-state index in [9.17, 15) is 4.79 Å². The normalized spacial score (nSPS) is 7.80. The molecule has 0 bridgehead atoms. The second-order valence-corrected chi connectivity index (χ2v) is 2.66. The summed E-state index contributed by atoms with van der Waals surface area (Å²) in [5.41, 5.74) is 0.769. The van der Waals surface area contributed by atoms with Crippen molar-refractivity contribution >= 4 is 17.6 Å². The molecule has 0 amide bonds. The topological polar surface area (TPSA) is 17.1 Å². The highest BCUT2D eigenvalue weighted by Crippen LogP contribution is 2.00. The van der Waals surface area contributed by atoms with Gasteiger partial charge in [-0.15, -0.1) is 0 Å². The number of carbonyl (C=O) groups is 1. The number of carbonyl (C=O) groups excluding carboxylic acids is 1. The smallest absolute Gasteiger partial charge is 0.150 e. The van der Waals surface area contributed by atoms with E-state index in [0.29, 0.717) is 0 Å². The minimum Gasteiger partial charge on any atom is -0.298 e. The van der Waals surface area contributed by atoms with Crippen LogP contribution in [0.4, 0.5) is 0 Å². The molecule has 0 saturated heterocycles. The van der Waals surface area contributed by atoms with Crippen molar-refractivity contribution in [2.75, 3.05) is 0 Å². The molecule has 0 radical (unpaired) electrons. The molecule has 1 nitrogen and oxygen atoms in total. The number of aldehydes is 1. The van der Waals surface area contributed by atoms with Crippen molar-refractivity contribution in [3.63, 3.8) is 0 Å². The zero-order chi connectivity index (χ0) is 7.82. The van der Waals surface area contributed by atoms with E-state index in [0.717, 1.165) is 11.8 Å². The van der Waals surface area contributed by atoms with Crippen LogP contribution in [0.3, 0.4) is 0 Å². The highest BCUT2D eigenvalue weighted by molar-refractivity contribution is 7.08. The van der Waals surface area contributed by atoms with E-state index in [1.807, 2.05) is 10.8 Å². The lowest BCUT2D eigenvalue weighted by atomic mass is 10.4. The Hall–Kier alpha value is -0.630. The molecule has 0 aliphatic carbocycles. The molecule has 10 heavy (non-hydrogen) atoms. The summed E-state index contributed by atoms with van der Waals surface area (Å²) in [5.74, 6) is 0. The van der Waals surface area contributed by atoms with Crippen LogP contribution in [0.2, 0.25) is 0 Å². The van der Waals surface area contributed by atoms with Gasteiger partial charge in [0, 0.05) is 10.9 Å². The quantitative estimate of drug-likeness (QED) is 0.571. The van der Waals surface area contributed by atoms with Crippen LogP contribution >= 0.6 is 11.3 Å². The van der Waals surface area contributed by atoms with Crippen molar-refractivity contribution in [3.8, 4) is 0 Å². The first kappa shape index (κ1) is 9.37. The molecular formula is C8H12OS. The second kappa shape index (κ2) is 6.49. The number of hydrogen-bond acceptors (Lipinski definition) is 2. The summed E-state index contributed by atoms with van der Waals surface area (Å²) in [7, 11) is 0. The van der Waals surface area contributed by atoms with Gasteiger partial charge in [0.1, 0.15) is 0 Å². The first-order valence-corrected chi connectivity index (χ1v) is 4.26. The van der Waals surface area contributed by atoms with Gasteiger partial charge in [-0.3, -0.25) is 4.79 Å². The van der Waals surface area contributed by atoms with E-state index in [-0.39, 0.29) is 0 Å². The van der Waals surface area contributed by atoms with Gasteiger partial charge in [-0.25, -0.2) is 0 Å². The largest absolute Gasteiger partial charge is 0.298 e. The zero-order valence-electron chi connectivity index (χ0n) is 6.33. The van der Waals surface area contributed by atoms with Crippen LogP contribution in [0.5, 0.6) is 0 Å². The summed E-state index contributed by atoms with van der Waals surface area (Å²) in [5, 5.41) is 3.69. The van der Waals surface area contributed by atoms with Gasteiger partial charge >= 0.3 is 0 Å². The predicted octanol–water partition coefficient (Wildman–Crippen LogP) is 2.98. The first-order chi connectivity index (χ1) is 4.85. The second-order valence-electron chi connectivity index (χ2n) is 1.88. The molecule has 1 rings (SSSR count).